The zero-order chi connectivity index (χ0) is 15.0. The lowest BCUT2D eigenvalue weighted by Gasteiger charge is -2.10. The van der Waals surface area contributed by atoms with E-state index in [-0.39, 0.29) is 11.5 Å². The van der Waals surface area contributed by atoms with Gasteiger partial charge in [0.15, 0.2) is 5.82 Å². The third kappa shape index (κ3) is 2.60. The van der Waals surface area contributed by atoms with Gasteiger partial charge in [0.25, 0.3) is 0 Å². The van der Waals surface area contributed by atoms with Gasteiger partial charge < -0.3 is 5.11 Å². The van der Waals surface area contributed by atoms with Crippen LogP contribution in [0.15, 0.2) is 16.6 Å². The van der Waals surface area contributed by atoms with Crippen molar-refractivity contribution in [2.45, 2.75) is 33.6 Å². The van der Waals surface area contributed by atoms with Crippen molar-refractivity contribution in [2.24, 2.45) is 0 Å². The SMILES string of the molecule is Cc1nn(-c2cc(C(=O)O)cc(C(C)C)n2)c(C)c1Br. The summed E-state index contributed by atoms with van der Waals surface area (Å²) < 4.78 is 2.57. The van der Waals surface area contributed by atoms with E-state index in [0.717, 1.165) is 21.6 Å². The molecule has 2 rings (SSSR count). The maximum atomic E-state index is 11.2. The number of halogens is 1. The van der Waals surface area contributed by atoms with Gasteiger partial charge in [0.2, 0.25) is 0 Å². The number of hydrogen-bond acceptors (Lipinski definition) is 3. The van der Waals surface area contributed by atoms with E-state index in [4.69, 9.17) is 0 Å². The van der Waals surface area contributed by atoms with Crippen molar-refractivity contribution in [3.8, 4) is 5.82 Å². The first-order valence-corrected chi connectivity index (χ1v) is 7.08. The number of nitrogens with zero attached hydrogens (tertiary/aromatic N) is 3. The topological polar surface area (TPSA) is 68.0 Å². The van der Waals surface area contributed by atoms with E-state index in [9.17, 15) is 9.90 Å². The van der Waals surface area contributed by atoms with Crippen LogP contribution < -0.4 is 0 Å². The predicted octanol–water partition coefficient (Wildman–Crippen LogP) is 3.47. The van der Waals surface area contributed by atoms with Gasteiger partial charge >= 0.3 is 5.97 Å². The molecule has 0 bridgehead atoms. The van der Waals surface area contributed by atoms with Crippen LogP contribution in [-0.4, -0.2) is 25.8 Å². The zero-order valence-electron chi connectivity index (χ0n) is 11.8. The zero-order valence-corrected chi connectivity index (χ0v) is 13.4. The van der Waals surface area contributed by atoms with Crippen molar-refractivity contribution in [1.29, 1.82) is 0 Å². The van der Waals surface area contributed by atoms with E-state index < -0.39 is 5.97 Å². The fraction of sp³-hybridized carbons (Fsp3) is 0.357. The van der Waals surface area contributed by atoms with Crippen LogP contribution in [0.2, 0.25) is 0 Å². The lowest BCUT2D eigenvalue weighted by molar-refractivity contribution is 0.0696. The molecule has 0 aliphatic heterocycles. The molecule has 0 aliphatic carbocycles. The Balaban J connectivity index is 2.66. The lowest BCUT2D eigenvalue weighted by Crippen LogP contribution is -2.08. The monoisotopic (exact) mass is 337 g/mol. The maximum absolute atomic E-state index is 11.2. The van der Waals surface area contributed by atoms with E-state index in [2.05, 4.69) is 26.0 Å². The Morgan fingerprint density at radius 3 is 2.45 bits per heavy atom. The van der Waals surface area contributed by atoms with Gasteiger partial charge in [-0.1, -0.05) is 13.8 Å². The van der Waals surface area contributed by atoms with E-state index in [1.165, 1.54) is 0 Å². The van der Waals surface area contributed by atoms with Crippen molar-refractivity contribution < 1.29 is 9.90 Å². The highest BCUT2D eigenvalue weighted by atomic mass is 79.9. The van der Waals surface area contributed by atoms with Crippen LogP contribution in [0.5, 0.6) is 0 Å². The molecule has 2 aromatic heterocycles. The fourth-order valence-electron chi connectivity index (χ4n) is 1.91. The molecule has 0 atom stereocenters. The van der Waals surface area contributed by atoms with Crippen LogP contribution in [0.4, 0.5) is 0 Å². The lowest BCUT2D eigenvalue weighted by atomic mass is 10.1. The number of carboxylic acids is 1. The summed E-state index contributed by atoms with van der Waals surface area (Å²) in [5.74, 6) is -0.287. The van der Waals surface area contributed by atoms with Crippen LogP contribution in [0, 0.1) is 13.8 Å². The van der Waals surface area contributed by atoms with Crippen molar-refractivity contribution >= 4 is 21.9 Å². The second-order valence-electron chi connectivity index (χ2n) is 5.00. The minimum absolute atomic E-state index is 0.147. The third-order valence-corrected chi connectivity index (χ3v) is 4.24. The van der Waals surface area contributed by atoms with Crippen molar-refractivity contribution in [1.82, 2.24) is 14.8 Å². The Hall–Kier alpha value is -1.69. The van der Waals surface area contributed by atoms with Crippen LogP contribution >= 0.6 is 15.9 Å². The Labute approximate surface area is 125 Å². The molecule has 2 heterocycles. The fourth-order valence-corrected chi connectivity index (χ4v) is 2.16. The van der Waals surface area contributed by atoms with Gasteiger partial charge in [0.05, 0.1) is 21.4 Å². The van der Waals surface area contributed by atoms with E-state index in [1.54, 1.807) is 16.8 Å². The molecule has 5 nitrogen and oxygen atoms in total. The summed E-state index contributed by atoms with van der Waals surface area (Å²) in [7, 11) is 0. The third-order valence-electron chi connectivity index (χ3n) is 3.09. The standard InChI is InChI=1S/C14H16BrN3O2/c1-7(2)11-5-10(14(19)20)6-12(16-11)18-9(4)13(15)8(3)17-18/h5-7H,1-4H3,(H,19,20). The highest BCUT2D eigenvalue weighted by Crippen LogP contribution is 2.24. The predicted molar refractivity (Wildman–Crippen MR) is 79.6 cm³/mol. The minimum Gasteiger partial charge on any atom is -0.478 e. The first-order chi connectivity index (χ1) is 9.31. The van der Waals surface area contributed by atoms with E-state index in [1.807, 2.05) is 27.7 Å². The van der Waals surface area contributed by atoms with Gasteiger partial charge in [-0.25, -0.2) is 14.5 Å². The Kier molecular flexibility index (Phi) is 3.94. The summed E-state index contributed by atoms with van der Waals surface area (Å²) in [4.78, 5) is 15.8. The maximum Gasteiger partial charge on any atom is 0.335 e. The molecule has 0 unspecified atom stereocenters. The molecular formula is C14H16BrN3O2. The summed E-state index contributed by atoms with van der Waals surface area (Å²) in [6.45, 7) is 7.76. The molecule has 0 saturated heterocycles. The number of aryl methyl sites for hydroxylation is 1. The van der Waals surface area contributed by atoms with Crippen molar-refractivity contribution in [3.05, 3.63) is 39.3 Å². The molecule has 106 valence electrons. The molecule has 6 heteroatoms. The summed E-state index contributed by atoms with van der Waals surface area (Å²) in [5, 5.41) is 13.6. The minimum atomic E-state index is -0.962. The first kappa shape index (κ1) is 14.7. The number of carboxylic acid groups (broad SMARTS) is 1. The van der Waals surface area contributed by atoms with Gasteiger partial charge in [-0.15, -0.1) is 0 Å². The van der Waals surface area contributed by atoms with Gasteiger partial charge in [0, 0.05) is 5.69 Å². The summed E-state index contributed by atoms with van der Waals surface area (Å²) in [6, 6.07) is 3.15. The molecule has 2 aromatic rings. The largest absolute Gasteiger partial charge is 0.478 e. The van der Waals surface area contributed by atoms with Crippen molar-refractivity contribution in [3.63, 3.8) is 0 Å². The average molecular weight is 338 g/mol. The highest BCUT2D eigenvalue weighted by Gasteiger charge is 2.16. The molecule has 20 heavy (non-hydrogen) atoms. The average Bonchev–Trinajstić information content (AvgIpc) is 2.66. The quantitative estimate of drug-likeness (QED) is 0.930. The Morgan fingerprint density at radius 2 is 2.00 bits per heavy atom. The molecular weight excluding hydrogens is 322 g/mol. The molecule has 0 aromatic carbocycles. The second kappa shape index (κ2) is 5.36. The molecule has 0 fully saturated rings. The molecule has 0 aliphatic rings. The number of aromatic nitrogens is 3. The van der Waals surface area contributed by atoms with Gasteiger partial charge in [0.1, 0.15) is 0 Å². The van der Waals surface area contributed by atoms with Crippen LogP contribution in [-0.2, 0) is 0 Å². The molecule has 1 N–H and O–H groups in total. The van der Waals surface area contributed by atoms with Gasteiger partial charge in [-0.2, -0.15) is 5.10 Å². The van der Waals surface area contributed by atoms with Crippen LogP contribution in [0.3, 0.4) is 0 Å². The number of pyridine rings is 1. The molecule has 0 amide bonds. The highest BCUT2D eigenvalue weighted by molar-refractivity contribution is 9.10. The smallest absolute Gasteiger partial charge is 0.335 e. The number of rotatable bonds is 3. The van der Waals surface area contributed by atoms with Gasteiger partial charge in [-0.05, 0) is 47.8 Å². The summed E-state index contributed by atoms with van der Waals surface area (Å²) in [6.07, 6.45) is 0. The van der Waals surface area contributed by atoms with E-state index >= 15 is 0 Å². The molecule has 0 saturated carbocycles. The Bertz CT molecular complexity index is 677. The Morgan fingerprint density at radius 1 is 1.35 bits per heavy atom. The van der Waals surface area contributed by atoms with Gasteiger partial charge in [-0.3, -0.25) is 0 Å². The number of hydrogen-bond donors (Lipinski definition) is 1. The number of carbonyl (C=O) groups is 1. The first-order valence-electron chi connectivity index (χ1n) is 6.28. The molecule has 0 spiro atoms. The van der Waals surface area contributed by atoms with Crippen molar-refractivity contribution in [2.75, 3.05) is 0 Å². The van der Waals surface area contributed by atoms with Crippen LogP contribution in [0.25, 0.3) is 5.82 Å². The van der Waals surface area contributed by atoms with E-state index in [0.29, 0.717) is 5.82 Å². The normalized spacial score (nSPS) is 11.1. The number of aromatic carboxylic acids is 1. The summed E-state index contributed by atoms with van der Waals surface area (Å²) >= 11 is 3.46. The second-order valence-corrected chi connectivity index (χ2v) is 5.79. The molecule has 0 radical (unpaired) electrons. The summed E-state index contributed by atoms with van der Waals surface area (Å²) in [5.41, 5.74) is 2.70. The van der Waals surface area contributed by atoms with Crippen LogP contribution in [0.1, 0.15) is 47.2 Å².